The van der Waals surface area contributed by atoms with Crippen molar-refractivity contribution in [3.63, 3.8) is 0 Å². The highest BCUT2D eigenvalue weighted by atomic mass is 35.5. The zero-order chi connectivity index (χ0) is 15.9. The minimum Gasteiger partial charge on any atom is -0.481 e. The second kappa shape index (κ2) is 16.6. The summed E-state index contributed by atoms with van der Waals surface area (Å²) in [6.07, 6.45) is 12.4. The van der Waals surface area contributed by atoms with E-state index in [0.29, 0.717) is 6.42 Å². The third-order valence-electron chi connectivity index (χ3n) is 3.72. The molecule has 132 valence electrons. The molecule has 0 aromatic carbocycles. The number of carbonyl (C=O) groups excluding carboxylic acids is 1. The molecule has 0 heterocycles. The SMILES string of the molecule is CCCCCCCCCCCCC(C(=O)O)C(=O)OCC.Cl. The summed E-state index contributed by atoms with van der Waals surface area (Å²) in [5.74, 6) is -2.65. The number of halogens is 1. The number of carboxylic acid groups (broad SMARTS) is 1. The van der Waals surface area contributed by atoms with Gasteiger partial charge in [-0.05, 0) is 13.3 Å². The van der Waals surface area contributed by atoms with Crippen LogP contribution in [0.25, 0.3) is 0 Å². The molecule has 5 heteroatoms. The van der Waals surface area contributed by atoms with Gasteiger partial charge in [-0.1, -0.05) is 71.1 Å². The van der Waals surface area contributed by atoms with Gasteiger partial charge in [0.1, 0.15) is 0 Å². The molecule has 0 spiro atoms. The summed E-state index contributed by atoms with van der Waals surface area (Å²) in [5, 5.41) is 9.01. The van der Waals surface area contributed by atoms with Gasteiger partial charge in [-0.3, -0.25) is 9.59 Å². The molecule has 0 radical (unpaired) electrons. The van der Waals surface area contributed by atoms with E-state index in [-0.39, 0.29) is 19.0 Å². The number of esters is 1. The van der Waals surface area contributed by atoms with Crippen molar-refractivity contribution >= 4 is 24.3 Å². The molecule has 0 saturated heterocycles. The van der Waals surface area contributed by atoms with Gasteiger partial charge in [0.2, 0.25) is 0 Å². The molecule has 0 bridgehead atoms. The van der Waals surface area contributed by atoms with Gasteiger partial charge in [-0.25, -0.2) is 0 Å². The fourth-order valence-corrected chi connectivity index (χ4v) is 2.42. The Hall–Kier alpha value is -0.770. The van der Waals surface area contributed by atoms with Crippen molar-refractivity contribution in [2.45, 2.75) is 84.5 Å². The average molecular weight is 337 g/mol. The first-order chi connectivity index (χ1) is 10.1. The van der Waals surface area contributed by atoms with Crippen LogP contribution in [0.4, 0.5) is 0 Å². The lowest BCUT2D eigenvalue weighted by atomic mass is 10.00. The van der Waals surface area contributed by atoms with E-state index in [1.807, 2.05) is 0 Å². The smallest absolute Gasteiger partial charge is 0.320 e. The first kappa shape index (κ1) is 23.5. The van der Waals surface area contributed by atoms with E-state index in [1.165, 1.54) is 44.9 Å². The summed E-state index contributed by atoms with van der Waals surface area (Å²) >= 11 is 0. The highest BCUT2D eigenvalue weighted by Gasteiger charge is 2.26. The lowest BCUT2D eigenvalue weighted by molar-refractivity contribution is -0.158. The molecule has 0 amide bonds. The van der Waals surface area contributed by atoms with Gasteiger partial charge in [0.15, 0.2) is 5.92 Å². The lowest BCUT2D eigenvalue weighted by Crippen LogP contribution is -2.25. The van der Waals surface area contributed by atoms with Crippen LogP contribution in [0.2, 0.25) is 0 Å². The number of ether oxygens (including phenoxy) is 1. The Morgan fingerprint density at radius 2 is 1.32 bits per heavy atom. The number of rotatable bonds is 14. The molecule has 0 aromatic rings. The van der Waals surface area contributed by atoms with Crippen LogP contribution >= 0.6 is 12.4 Å². The first-order valence-corrected chi connectivity index (χ1v) is 8.52. The van der Waals surface area contributed by atoms with Crippen LogP contribution in [0, 0.1) is 5.92 Å². The van der Waals surface area contributed by atoms with Crippen LogP contribution in [-0.4, -0.2) is 23.7 Å². The summed E-state index contributed by atoms with van der Waals surface area (Å²) in [7, 11) is 0. The molecular weight excluding hydrogens is 304 g/mol. The molecule has 4 nitrogen and oxygen atoms in total. The number of unbranched alkanes of at least 4 members (excludes halogenated alkanes) is 9. The lowest BCUT2D eigenvalue weighted by Gasteiger charge is -2.10. The van der Waals surface area contributed by atoms with Crippen molar-refractivity contribution in [1.82, 2.24) is 0 Å². The Kier molecular flexibility index (Phi) is 17.7. The fourth-order valence-electron chi connectivity index (χ4n) is 2.42. The van der Waals surface area contributed by atoms with Crippen molar-refractivity contribution in [2.24, 2.45) is 5.92 Å². The van der Waals surface area contributed by atoms with E-state index < -0.39 is 17.9 Å². The van der Waals surface area contributed by atoms with E-state index in [0.717, 1.165) is 19.3 Å². The molecule has 0 rings (SSSR count). The van der Waals surface area contributed by atoms with Crippen molar-refractivity contribution in [1.29, 1.82) is 0 Å². The Morgan fingerprint density at radius 3 is 1.73 bits per heavy atom. The molecule has 1 N–H and O–H groups in total. The zero-order valence-corrected chi connectivity index (χ0v) is 15.0. The van der Waals surface area contributed by atoms with E-state index in [2.05, 4.69) is 6.92 Å². The topological polar surface area (TPSA) is 63.6 Å². The van der Waals surface area contributed by atoms with Crippen LogP contribution in [0.3, 0.4) is 0 Å². The summed E-state index contributed by atoms with van der Waals surface area (Å²) in [6.45, 7) is 4.15. The van der Waals surface area contributed by atoms with Gasteiger partial charge >= 0.3 is 11.9 Å². The molecule has 1 unspecified atom stereocenters. The summed E-state index contributed by atoms with van der Waals surface area (Å²) in [4.78, 5) is 22.5. The molecule has 0 saturated carbocycles. The van der Waals surface area contributed by atoms with Crippen LogP contribution in [-0.2, 0) is 14.3 Å². The molecule has 1 atom stereocenters. The second-order valence-electron chi connectivity index (χ2n) is 5.61. The number of hydrogen-bond acceptors (Lipinski definition) is 3. The Labute approximate surface area is 141 Å². The van der Waals surface area contributed by atoms with E-state index in [4.69, 9.17) is 9.84 Å². The largest absolute Gasteiger partial charge is 0.481 e. The van der Waals surface area contributed by atoms with Crippen molar-refractivity contribution in [3.05, 3.63) is 0 Å². The van der Waals surface area contributed by atoms with Crippen LogP contribution in [0.5, 0.6) is 0 Å². The van der Waals surface area contributed by atoms with Gasteiger partial charge < -0.3 is 9.84 Å². The van der Waals surface area contributed by atoms with Gasteiger partial charge in [0.05, 0.1) is 6.61 Å². The predicted octanol–water partition coefficient (Wildman–Crippen LogP) is 4.98. The standard InChI is InChI=1S/C17H32O4.ClH/c1-3-5-6-7-8-9-10-11-12-13-14-15(16(18)19)17(20)21-4-2;/h15H,3-14H2,1-2H3,(H,18,19);1H. The maximum absolute atomic E-state index is 11.5. The normalized spacial score (nSPS) is 11.5. The van der Waals surface area contributed by atoms with Crippen molar-refractivity contribution in [2.75, 3.05) is 6.61 Å². The Morgan fingerprint density at radius 1 is 0.864 bits per heavy atom. The van der Waals surface area contributed by atoms with Gasteiger partial charge in [-0.2, -0.15) is 0 Å². The molecular formula is C17H33ClO4. The summed E-state index contributed by atoms with van der Waals surface area (Å²) in [5.41, 5.74) is 0. The van der Waals surface area contributed by atoms with Crippen molar-refractivity contribution < 1.29 is 19.4 Å². The zero-order valence-electron chi connectivity index (χ0n) is 14.1. The number of aliphatic carboxylic acids is 1. The molecule has 0 aliphatic heterocycles. The molecule has 0 aliphatic carbocycles. The minimum atomic E-state index is -1.07. The molecule has 0 aromatic heterocycles. The number of carboxylic acids is 1. The highest BCUT2D eigenvalue weighted by Crippen LogP contribution is 2.15. The van der Waals surface area contributed by atoms with Crippen LogP contribution in [0.1, 0.15) is 84.5 Å². The predicted molar refractivity (Wildman–Crippen MR) is 91.5 cm³/mol. The number of hydrogen-bond donors (Lipinski definition) is 1. The van der Waals surface area contributed by atoms with Gasteiger partial charge in [-0.15, -0.1) is 12.4 Å². The van der Waals surface area contributed by atoms with Crippen LogP contribution in [0.15, 0.2) is 0 Å². The monoisotopic (exact) mass is 336 g/mol. The van der Waals surface area contributed by atoms with E-state index in [1.54, 1.807) is 6.92 Å². The first-order valence-electron chi connectivity index (χ1n) is 8.52. The Balaban J connectivity index is 0. The fraction of sp³-hybridized carbons (Fsp3) is 0.882. The quantitative estimate of drug-likeness (QED) is 0.276. The number of carbonyl (C=O) groups is 2. The molecule has 22 heavy (non-hydrogen) atoms. The summed E-state index contributed by atoms with van der Waals surface area (Å²) < 4.78 is 4.79. The minimum absolute atomic E-state index is 0. The maximum Gasteiger partial charge on any atom is 0.320 e. The Bertz CT molecular complexity index is 282. The van der Waals surface area contributed by atoms with Crippen LogP contribution < -0.4 is 0 Å². The van der Waals surface area contributed by atoms with Crippen molar-refractivity contribution in [3.8, 4) is 0 Å². The third kappa shape index (κ3) is 12.9. The van der Waals surface area contributed by atoms with E-state index >= 15 is 0 Å². The third-order valence-corrected chi connectivity index (χ3v) is 3.72. The molecule has 0 fully saturated rings. The summed E-state index contributed by atoms with van der Waals surface area (Å²) in [6, 6.07) is 0. The van der Waals surface area contributed by atoms with Gasteiger partial charge in [0.25, 0.3) is 0 Å². The van der Waals surface area contributed by atoms with Gasteiger partial charge in [0, 0.05) is 0 Å². The maximum atomic E-state index is 11.5. The average Bonchev–Trinajstić information content (AvgIpc) is 2.44. The van der Waals surface area contributed by atoms with E-state index in [9.17, 15) is 9.59 Å². The second-order valence-corrected chi connectivity index (χ2v) is 5.61. The highest BCUT2D eigenvalue weighted by molar-refractivity contribution is 5.93. The molecule has 0 aliphatic rings.